The van der Waals surface area contributed by atoms with Gasteiger partial charge < -0.3 is 10.2 Å². The zero-order valence-electron chi connectivity index (χ0n) is 10.4. The summed E-state index contributed by atoms with van der Waals surface area (Å²) in [7, 11) is 0. The van der Waals surface area contributed by atoms with Crippen molar-refractivity contribution in [1.82, 2.24) is 0 Å². The molecule has 0 amide bonds. The monoisotopic (exact) mass is 208 g/mol. The first-order chi connectivity index (χ1) is 6.52. The van der Waals surface area contributed by atoms with Crippen LogP contribution in [-0.4, -0.2) is 21.4 Å². The van der Waals surface area contributed by atoms with E-state index in [-0.39, 0.29) is 0 Å². The smallest absolute Gasteiger partial charge is 0.120 e. The lowest BCUT2D eigenvalue weighted by Gasteiger charge is -2.15. The molecule has 0 unspecified atom stereocenters. The summed E-state index contributed by atoms with van der Waals surface area (Å²) in [6.45, 7) is 10.3. The van der Waals surface area contributed by atoms with E-state index >= 15 is 0 Å². The van der Waals surface area contributed by atoms with Crippen LogP contribution in [0.4, 0.5) is 0 Å². The van der Waals surface area contributed by atoms with Crippen LogP contribution in [0.1, 0.15) is 41.5 Å². The molecule has 0 aliphatic carbocycles. The third-order valence-corrected chi connectivity index (χ3v) is 1.85. The van der Waals surface area contributed by atoms with Crippen molar-refractivity contribution in [3.63, 3.8) is 0 Å². The molecule has 0 radical (unpaired) electrons. The zero-order valence-corrected chi connectivity index (χ0v) is 10.4. The van der Waals surface area contributed by atoms with E-state index < -0.39 is 11.2 Å². The molecule has 0 aromatic heterocycles. The molecule has 0 atom stereocenters. The topological polar surface area (TPSA) is 40.5 Å². The van der Waals surface area contributed by atoms with E-state index in [9.17, 15) is 10.2 Å². The SMILES string of the molecule is CC(=C=C(C)C(C)(C)O)C#CC(C)(C)O. The molecule has 0 bridgehead atoms. The van der Waals surface area contributed by atoms with Crippen LogP contribution in [0, 0.1) is 11.8 Å². The maximum absolute atomic E-state index is 9.65. The average Bonchev–Trinajstić information content (AvgIpc) is 1.97. The van der Waals surface area contributed by atoms with Crippen LogP contribution in [0.15, 0.2) is 16.9 Å². The van der Waals surface area contributed by atoms with Crippen LogP contribution in [0.25, 0.3) is 0 Å². The molecular formula is C13H20O2. The van der Waals surface area contributed by atoms with E-state index in [0.717, 1.165) is 5.57 Å². The molecule has 0 fully saturated rings. The van der Waals surface area contributed by atoms with Crippen LogP contribution in [0.3, 0.4) is 0 Å². The Labute approximate surface area is 92.3 Å². The van der Waals surface area contributed by atoms with Crippen molar-refractivity contribution in [3.05, 3.63) is 16.9 Å². The minimum Gasteiger partial charge on any atom is -0.385 e. The Morgan fingerprint density at radius 1 is 1.00 bits per heavy atom. The van der Waals surface area contributed by atoms with Crippen LogP contribution in [0.2, 0.25) is 0 Å². The van der Waals surface area contributed by atoms with E-state index in [1.807, 2.05) is 0 Å². The summed E-state index contributed by atoms with van der Waals surface area (Å²) < 4.78 is 0. The molecule has 0 saturated carbocycles. The fourth-order valence-corrected chi connectivity index (χ4v) is 0.712. The molecule has 0 aliphatic rings. The molecule has 0 saturated heterocycles. The Bertz CT molecular complexity index is 345. The van der Waals surface area contributed by atoms with Gasteiger partial charge in [0, 0.05) is 11.1 Å². The summed E-state index contributed by atoms with van der Waals surface area (Å²) in [5.41, 5.74) is 2.55. The summed E-state index contributed by atoms with van der Waals surface area (Å²) in [5, 5.41) is 19.0. The normalized spacial score (nSPS) is 11.2. The van der Waals surface area contributed by atoms with Gasteiger partial charge in [-0.25, -0.2) is 0 Å². The van der Waals surface area contributed by atoms with E-state index in [0.29, 0.717) is 5.57 Å². The molecule has 0 rings (SSSR count). The van der Waals surface area contributed by atoms with E-state index in [1.54, 1.807) is 41.5 Å². The standard InChI is InChI=1S/C13H20O2/c1-10(7-8-12(3,4)14)9-11(2)13(5,6)15/h14-15H,1-6H3. The maximum Gasteiger partial charge on any atom is 0.120 e. The van der Waals surface area contributed by atoms with Gasteiger partial charge in [0.1, 0.15) is 5.60 Å². The summed E-state index contributed by atoms with van der Waals surface area (Å²) in [4.78, 5) is 0. The predicted molar refractivity (Wildman–Crippen MR) is 62.3 cm³/mol. The van der Waals surface area contributed by atoms with Gasteiger partial charge in [-0.3, -0.25) is 0 Å². The van der Waals surface area contributed by atoms with Gasteiger partial charge in [-0.1, -0.05) is 11.8 Å². The second-order valence-corrected chi connectivity index (χ2v) is 4.74. The van der Waals surface area contributed by atoms with Crippen LogP contribution >= 0.6 is 0 Å². The minimum atomic E-state index is -0.994. The van der Waals surface area contributed by atoms with Crippen molar-refractivity contribution in [1.29, 1.82) is 0 Å². The first-order valence-corrected chi connectivity index (χ1v) is 4.95. The highest BCUT2D eigenvalue weighted by molar-refractivity contribution is 5.31. The molecule has 84 valence electrons. The van der Waals surface area contributed by atoms with Crippen molar-refractivity contribution in [2.75, 3.05) is 0 Å². The number of aliphatic hydroxyl groups is 2. The van der Waals surface area contributed by atoms with Crippen molar-refractivity contribution < 1.29 is 10.2 Å². The van der Waals surface area contributed by atoms with Gasteiger partial charge >= 0.3 is 0 Å². The fraction of sp³-hybridized carbons (Fsp3) is 0.615. The third-order valence-electron chi connectivity index (χ3n) is 1.85. The predicted octanol–water partition coefficient (Wildman–Crippen LogP) is 2.02. The summed E-state index contributed by atoms with van der Waals surface area (Å²) in [5.74, 6) is 5.49. The lowest BCUT2D eigenvalue weighted by Crippen LogP contribution is -2.19. The largest absolute Gasteiger partial charge is 0.385 e. The second-order valence-electron chi connectivity index (χ2n) is 4.74. The first-order valence-electron chi connectivity index (χ1n) is 4.95. The number of hydrogen-bond donors (Lipinski definition) is 2. The molecule has 0 aromatic carbocycles. The van der Waals surface area contributed by atoms with Gasteiger partial charge in [-0.05, 0) is 41.5 Å². The highest BCUT2D eigenvalue weighted by atomic mass is 16.3. The lowest BCUT2D eigenvalue weighted by atomic mass is 10.00. The van der Waals surface area contributed by atoms with Crippen molar-refractivity contribution in [2.24, 2.45) is 0 Å². The van der Waals surface area contributed by atoms with Crippen LogP contribution in [-0.2, 0) is 0 Å². The Morgan fingerprint density at radius 2 is 1.47 bits per heavy atom. The van der Waals surface area contributed by atoms with Crippen LogP contribution < -0.4 is 0 Å². The Balaban J connectivity index is 5.08. The van der Waals surface area contributed by atoms with Crippen molar-refractivity contribution in [3.8, 4) is 11.8 Å². The molecule has 2 N–H and O–H groups in total. The Morgan fingerprint density at radius 3 is 1.80 bits per heavy atom. The highest BCUT2D eigenvalue weighted by Crippen LogP contribution is 2.13. The van der Waals surface area contributed by atoms with E-state index in [1.165, 1.54) is 0 Å². The van der Waals surface area contributed by atoms with Gasteiger partial charge in [-0.2, -0.15) is 0 Å². The molecule has 0 heterocycles. The van der Waals surface area contributed by atoms with Crippen molar-refractivity contribution >= 4 is 0 Å². The van der Waals surface area contributed by atoms with Crippen LogP contribution in [0.5, 0.6) is 0 Å². The Hall–Kier alpha value is -1.00. The van der Waals surface area contributed by atoms with Gasteiger partial charge in [0.15, 0.2) is 0 Å². The third kappa shape index (κ3) is 6.99. The Kier molecular flexibility index (Phi) is 4.37. The van der Waals surface area contributed by atoms with E-state index in [2.05, 4.69) is 17.6 Å². The maximum atomic E-state index is 9.65. The number of hydrogen-bond acceptors (Lipinski definition) is 2. The molecule has 0 aliphatic heterocycles. The molecule has 0 aromatic rings. The van der Waals surface area contributed by atoms with Gasteiger partial charge in [0.2, 0.25) is 0 Å². The molecule has 2 heteroatoms. The van der Waals surface area contributed by atoms with Crippen molar-refractivity contribution in [2.45, 2.75) is 52.7 Å². The zero-order chi connectivity index (χ0) is 12.3. The van der Waals surface area contributed by atoms with E-state index in [4.69, 9.17) is 0 Å². The molecule has 0 spiro atoms. The van der Waals surface area contributed by atoms with Gasteiger partial charge in [0.05, 0.1) is 5.60 Å². The minimum absolute atomic E-state index is 0.705. The fourth-order valence-electron chi connectivity index (χ4n) is 0.712. The second kappa shape index (κ2) is 4.68. The summed E-state index contributed by atoms with van der Waals surface area (Å²) >= 11 is 0. The lowest BCUT2D eigenvalue weighted by molar-refractivity contribution is 0.120. The molecule has 2 nitrogen and oxygen atoms in total. The molecular weight excluding hydrogens is 188 g/mol. The summed E-state index contributed by atoms with van der Waals surface area (Å²) in [6.07, 6.45) is 0. The first kappa shape index (κ1) is 14.0. The highest BCUT2D eigenvalue weighted by Gasteiger charge is 2.14. The summed E-state index contributed by atoms with van der Waals surface area (Å²) in [6, 6.07) is 0. The quantitative estimate of drug-likeness (QED) is 0.511. The number of rotatable bonds is 1. The van der Waals surface area contributed by atoms with Gasteiger partial charge in [-0.15, -0.1) is 5.73 Å². The molecule has 15 heavy (non-hydrogen) atoms. The van der Waals surface area contributed by atoms with Gasteiger partial charge in [0.25, 0.3) is 0 Å². The average molecular weight is 208 g/mol.